The molecule has 1 saturated carbocycles. The predicted octanol–water partition coefficient (Wildman–Crippen LogP) is 1.27. The summed E-state index contributed by atoms with van der Waals surface area (Å²) in [5.41, 5.74) is -0.0619. The quantitative estimate of drug-likeness (QED) is 0.703. The Balaban J connectivity index is 1.51. The molecule has 4 rings (SSSR count). The molecule has 29 heavy (non-hydrogen) atoms. The highest BCUT2D eigenvalue weighted by atomic mass is 16.2. The van der Waals surface area contributed by atoms with E-state index < -0.39 is 11.6 Å². The summed E-state index contributed by atoms with van der Waals surface area (Å²) in [6, 6.07) is 5.25. The Hall–Kier alpha value is -2.48. The number of nitrogens with one attached hydrogen (secondary N) is 2. The molecule has 4 amide bonds. The van der Waals surface area contributed by atoms with Crippen molar-refractivity contribution in [3.63, 3.8) is 0 Å². The largest absolute Gasteiger partial charge is 0.332 e. The van der Waals surface area contributed by atoms with Crippen molar-refractivity contribution in [1.29, 1.82) is 0 Å². The van der Waals surface area contributed by atoms with Gasteiger partial charge in [-0.15, -0.1) is 0 Å². The second kappa shape index (κ2) is 8.10. The van der Waals surface area contributed by atoms with Crippen molar-refractivity contribution in [3.05, 3.63) is 30.1 Å². The monoisotopic (exact) mass is 399 g/mol. The van der Waals surface area contributed by atoms with E-state index in [1.807, 2.05) is 23.1 Å². The Labute approximate surface area is 171 Å². The summed E-state index contributed by atoms with van der Waals surface area (Å²) < 4.78 is 0. The first-order valence-corrected chi connectivity index (χ1v) is 10.5. The highest BCUT2D eigenvalue weighted by Crippen LogP contribution is 2.42. The lowest BCUT2D eigenvalue weighted by molar-refractivity contribution is -0.141. The van der Waals surface area contributed by atoms with Crippen molar-refractivity contribution in [2.45, 2.75) is 57.2 Å². The van der Waals surface area contributed by atoms with Crippen LogP contribution in [0.15, 0.2) is 24.4 Å². The Morgan fingerprint density at radius 2 is 2.07 bits per heavy atom. The van der Waals surface area contributed by atoms with Gasteiger partial charge in [-0.1, -0.05) is 6.07 Å². The summed E-state index contributed by atoms with van der Waals surface area (Å²) in [6.07, 6.45) is 6.31. The van der Waals surface area contributed by atoms with Gasteiger partial charge < -0.3 is 15.5 Å². The molecule has 2 atom stereocenters. The third kappa shape index (κ3) is 4.12. The smallest absolute Gasteiger partial charge is 0.325 e. The predicted molar refractivity (Wildman–Crippen MR) is 107 cm³/mol. The van der Waals surface area contributed by atoms with E-state index in [2.05, 4.69) is 15.6 Å². The van der Waals surface area contributed by atoms with Crippen LogP contribution < -0.4 is 10.6 Å². The summed E-state index contributed by atoms with van der Waals surface area (Å²) in [6.45, 7) is 3.73. The molecule has 8 heteroatoms. The van der Waals surface area contributed by atoms with E-state index in [1.54, 1.807) is 13.1 Å². The van der Waals surface area contributed by atoms with Crippen molar-refractivity contribution in [3.8, 4) is 0 Å². The third-order valence-electron chi connectivity index (χ3n) is 6.35. The Kier molecular flexibility index (Phi) is 5.54. The van der Waals surface area contributed by atoms with Crippen LogP contribution in [0.3, 0.4) is 0 Å². The molecule has 0 aromatic carbocycles. The minimum atomic E-state index is -0.866. The third-order valence-corrected chi connectivity index (χ3v) is 6.35. The summed E-state index contributed by atoms with van der Waals surface area (Å²) in [4.78, 5) is 46.0. The zero-order chi connectivity index (χ0) is 20.4. The average Bonchev–Trinajstić information content (AvgIpc) is 3.55. The number of nitrogens with zero attached hydrogens (tertiary/aromatic N) is 3. The lowest BCUT2D eigenvalue weighted by atomic mass is 9.96. The zero-order valence-electron chi connectivity index (χ0n) is 16.9. The number of urea groups is 1. The summed E-state index contributed by atoms with van der Waals surface area (Å²) in [5.74, 6) is -0.304. The second-order valence-corrected chi connectivity index (χ2v) is 8.48. The van der Waals surface area contributed by atoms with Crippen LogP contribution >= 0.6 is 0 Å². The maximum atomic E-state index is 13.3. The lowest BCUT2D eigenvalue weighted by Gasteiger charge is -2.32. The molecule has 2 aliphatic heterocycles. The van der Waals surface area contributed by atoms with E-state index in [9.17, 15) is 14.4 Å². The van der Waals surface area contributed by atoms with Gasteiger partial charge in [-0.05, 0) is 70.2 Å². The van der Waals surface area contributed by atoms with Gasteiger partial charge in [0.1, 0.15) is 12.1 Å². The molecule has 3 heterocycles. The fourth-order valence-electron chi connectivity index (χ4n) is 4.42. The summed E-state index contributed by atoms with van der Waals surface area (Å²) >= 11 is 0. The number of rotatable bonds is 6. The van der Waals surface area contributed by atoms with Gasteiger partial charge in [0, 0.05) is 12.2 Å². The van der Waals surface area contributed by atoms with Crippen LogP contribution in [0.25, 0.3) is 0 Å². The molecule has 156 valence electrons. The first kappa shape index (κ1) is 19.8. The van der Waals surface area contributed by atoms with E-state index >= 15 is 0 Å². The van der Waals surface area contributed by atoms with Crippen LogP contribution in [0.1, 0.15) is 44.7 Å². The molecule has 2 unspecified atom stereocenters. The summed E-state index contributed by atoms with van der Waals surface area (Å²) in [5, 5.41) is 6.19. The Morgan fingerprint density at radius 3 is 2.79 bits per heavy atom. The number of imide groups is 1. The first-order chi connectivity index (χ1) is 14.0. The van der Waals surface area contributed by atoms with Crippen LogP contribution in [0.5, 0.6) is 0 Å². The van der Waals surface area contributed by atoms with Crippen molar-refractivity contribution < 1.29 is 14.4 Å². The molecule has 1 aliphatic carbocycles. The fraction of sp³-hybridized carbons (Fsp3) is 0.619. The summed E-state index contributed by atoms with van der Waals surface area (Å²) in [7, 11) is 0. The molecule has 8 nitrogen and oxygen atoms in total. The molecule has 0 bridgehead atoms. The minimum absolute atomic E-state index is 0.0649. The Morgan fingerprint density at radius 1 is 1.24 bits per heavy atom. The van der Waals surface area contributed by atoms with Gasteiger partial charge in [0.15, 0.2) is 0 Å². The van der Waals surface area contributed by atoms with Gasteiger partial charge in [0.2, 0.25) is 5.91 Å². The standard InChI is InChI=1S/C21H29N5O3/c1-21(15-7-8-15)19(28)26(20(29)24-21)14-18(27)25(13-16-5-2-3-11-23-16)17-6-4-10-22-12-9-17/h2-3,5,11,15,17,22H,4,6-10,12-14H2,1H3,(H,24,29). The highest BCUT2D eigenvalue weighted by molar-refractivity contribution is 6.09. The number of pyridine rings is 1. The van der Waals surface area contributed by atoms with E-state index in [0.29, 0.717) is 6.54 Å². The van der Waals surface area contributed by atoms with E-state index in [4.69, 9.17) is 0 Å². The van der Waals surface area contributed by atoms with E-state index in [0.717, 1.165) is 55.8 Å². The first-order valence-electron chi connectivity index (χ1n) is 10.5. The number of hydrogen-bond donors (Lipinski definition) is 2. The van der Waals surface area contributed by atoms with Gasteiger partial charge in [-0.3, -0.25) is 19.5 Å². The molecule has 2 saturated heterocycles. The number of carbonyl (C=O) groups is 3. The topological polar surface area (TPSA) is 94.6 Å². The second-order valence-electron chi connectivity index (χ2n) is 8.48. The number of hydrogen-bond acceptors (Lipinski definition) is 5. The maximum Gasteiger partial charge on any atom is 0.325 e. The van der Waals surface area contributed by atoms with Gasteiger partial charge >= 0.3 is 6.03 Å². The van der Waals surface area contributed by atoms with Crippen LogP contribution in [-0.2, 0) is 16.1 Å². The van der Waals surface area contributed by atoms with Gasteiger partial charge in [-0.25, -0.2) is 4.79 Å². The number of amides is 4. The average molecular weight is 399 g/mol. The molecule has 0 spiro atoms. The molecular weight excluding hydrogens is 370 g/mol. The molecule has 1 aromatic heterocycles. The van der Waals surface area contributed by atoms with Crippen LogP contribution in [-0.4, -0.2) is 63.8 Å². The van der Waals surface area contributed by atoms with Gasteiger partial charge in [0.25, 0.3) is 5.91 Å². The van der Waals surface area contributed by atoms with E-state index in [-0.39, 0.29) is 30.3 Å². The van der Waals surface area contributed by atoms with Crippen molar-refractivity contribution in [1.82, 2.24) is 25.4 Å². The highest BCUT2D eigenvalue weighted by Gasteiger charge is 2.56. The normalized spacial score (nSPS) is 27.5. The molecule has 0 radical (unpaired) electrons. The lowest BCUT2D eigenvalue weighted by Crippen LogP contribution is -2.49. The number of aromatic nitrogens is 1. The molecule has 2 N–H and O–H groups in total. The van der Waals surface area contributed by atoms with Crippen molar-refractivity contribution in [2.75, 3.05) is 19.6 Å². The minimum Gasteiger partial charge on any atom is -0.332 e. The molecule has 1 aromatic rings. The number of carbonyl (C=O) groups excluding carboxylic acids is 3. The molecule has 3 aliphatic rings. The van der Waals surface area contributed by atoms with Gasteiger partial charge in [0.05, 0.1) is 12.2 Å². The van der Waals surface area contributed by atoms with Gasteiger partial charge in [-0.2, -0.15) is 0 Å². The van der Waals surface area contributed by atoms with Crippen LogP contribution in [0.4, 0.5) is 4.79 Å². The SMILES string of the molecule is CC1(C2CC2)NC(=O)N(CC(=O)N(Cc2ccccn2)C2CCCNCC2)C1=O. The Bertz CT molecular complexity index is 774. The van der Waals surface area contributed by atoms with Crippen molar-refractivity contribution >= 4 is 17.8 Å². The zero-order valence-corrected chi connectivity index (χ0v) is 16.9. The molecular formula is C21H29N5O3. The van der Waals surface area contributed by atoms with Crippen molar-refractivity contribution in [2.24, 2.45) is 5.92 Å². The van der Waals surface area contributed by atoms with E-state index in [1.165, 1.54) is 0 Å². The maximum absolute atomic E-state index is 13.3. The van der Waals surface area contributed by atoms with Crippen LogP contribution in [0, 0.1) is 5.92 Å². The molecule has 3 fully saturated rings. The van der Waals surface area contributed by atoms with Crippen LogP contribution in [0.2, 0.25) is 0 Å². The fourth-order valence-corrected chi connectivity index (χ4v) is 4.42.